The summed E-state index contributed by atoms with van der Waals surface area (Å²) in [5.74, 6) is 0.876. The van der Waals surface area contributed by atoms with E-state index >= 15 is 0 Å². The second-order valence-electron chi connectivity index (χ2n) is 11.6. The lowest BCUT2D eigenvalue weighted by molar-refractivity contribution is -0.125. The second kappa shape index (κ2) is 12.9. The molecule has 0 saturated carbocycles. The number of allylic oxidation sites excluding steroid dienone is 2. The van der Waals surface area contributed by atoms with E-state index in [0.717, 1.165) is 6.42 Å². The summed E-state index contributed by atoms with van der Waals surface area (Å²) in [5, 5.41) is 3.07. The van der Waals surface area contributed by atoms with Gasteiger partial charge >= 0.3 is 0 Å². The predicted molar refractivity (Wildman–Crippen MR) is 140 cm³/mol. The summed E-state index contributed by atoms with van der Waals surface area (Å²) in [7, 11) is -1.91. The van der Waals surface area contributed by atoms with Gasteiger partial charge in [-0.15, -0.1) is 0 Å². The zero-order chi connectivity index (χ0) is 25.4. The van der Waals surface area contributed by atoms with Crippen LogP contribution in [0.1, 0.15) is 89.0 Å². The summed E-state index contributed by atoms with van der Waals surface area (Å²) < 4.78 is 6.84. The molecule has 5 heteroatoms. The lowest BCUT2D eigenvalue weighted by Gasteiger charge is -2.42. The van der Waals surface area contributed by atoms with E-state index in [9.17, 15) is 9.59 Å². The highest BCUT2D eigenvalue weighted by atomic mass is 28.4. The van der Waals surface area contributed by atoms with Gasteiger partial charge in [0.2, 0.25) is 5.91 Å². The summed E-state index contributed by atoms with van der Waals surface area (Å²) in [6.45, 7) is 27.6. The van der Waals surface area contributed by atoms with Crippen molar-refractivity contribution in [1.29, 1.82) is 0 Å². The van der Waals surface area contributed by atoms with Gasteiger partial charge in [-0.2, -0.15) is 0 Å². The van der Waals surface area contributed by atoms with Gasteiger partial charge in [0.25, 0.3) is 0 Å². The number of Topliss-reactive ketones (excluding diaryl/α,β-unsaturated/α-hetero) is 1. The van der Waals surface area contributed by atoms with Crippen LogP contribution in [0.2, 0.25) is 18.1 Å². The minimum Gasteiger partial charge on any atom is -0.410 e. The highest BCUT2D eigenvalue weighted by Gasteiger charge is 2.41. The number of amides is 1. The zero-order valence-electron chi connectivity index (χ0n) is 23.2. The number of ketones is 1. The van der Waals surface area contributed by atoms with Gasteiger partial charge in [-0.1, -0.05) is 60.6 Å². The Bertz CT molecular complexity index is 686. The molecule has 0 aliphatic rings. The van der Waals surface area contributed by atoms with E-state index in [2.05, 4.69) is 86.8 Å². The summed E-state index contributed by atoms with van der Waals surface area (Å²) >= 11 is 0. The van der Waals surface area contributed by atoms with Crippen LogP contribution in [0.25, 0.3) is 0 Å². The van der Waals surface area contributed by atoms with Gasteiger partial charge in [0, 0.05) is 5.57 Å². The van der Waals surface area contributed by atoms with Crippen molar-refractivity contribution in [2.24, 2.45) is 17.8 Å². The monoisotopic (exact) mass is 465 g/mol. The largest absolute Gasteiger partial charge is 0.410 e. The Morgan fingerprint density at radius 1 is 1.03 bits per heavy atom. The van der Waals surface area contributed by atoms with Gasteiger partial charge in [-0.25, -0.2) is 0 Å². The van der Waals surface area contributed by atoms with Crippen molar-refractivity contribution in [3.05, 3.63) is 23.3 Å². The zero-order valence-corrected chi connectivity index (χ0v) is 24.2. The molecule has 0 rings (SSSR count). The first-order valence-electron chi connectivity index (χ1n) is 12.2. The predicted octanol–water partition coefficient (Wildman–Crippen LogP) is 7.07. The molecular formula is C27H51NO3Si. The van der Waals surface area contributed by atoms with Crippen LogP contribution < -0.4 is 5.32 Å². The van der Waals surface area contributed by atoms with Gasteiger partial charge in [0.1, 0.15) is 0 Å². The number of carbonyl (C=O) groups excluding carboxylic acids is 2. The Kier molecular flexibility index (Phi) is 12.4. The topological polar surface area (TPSA) is 55.4 Å². The first-order valence-corrected chi connectivity index (χ1v) is 15.1. The maximum Gasteiger partial charge on any atom is 0.247 e. The molecule has 0 aliphatic carbocycles. The summed E-state index contributed by atoms with van der Waals surface area (Å²) in [4.78, 5) is 24.5. The Labute approximate surface area is 199 Å². The minimum absolute atomic E-state index is 0.00860. The number of hydrogen-bond acceptors (Lipinski definition) is 3. The maximum absolute atomic E-state index is 12.6. The highest BCUT2D eigenvalue weighted by Crippen LogP contribution is 2.40. The average Bonchev–Trinajstić information content (AvgIpc) is 2.66. The fraction of sp³-hybridized carbons (Fsp3) is 0.778. The normalized spacial score (nSPS) is 17.7. The van der Waals surface area contributed by atoms with Crippen LogP contribution >= 0.6 is 0 Å². The average molecular weight is 466 g/mol. The molecular weight excluding hydrogens is 414 g/mol. The Hall–Kier alpha value is -1.20. The van der Waals surface area contributed by atoms with Crippen molar-refractivity contribution in [2.45, 2.75) is 119 Å². The number of rotatable bonds is 12. The summed E-state index contributed by atoms with van der Waals surface area (Å²) in [6.07, 6.45) is 5.70. The molecule has 0 aliphatic heterocycles. The molecule has 0 aromatic carbocycles. The Morgan fingerprint density at radius 2 is 1.56 bits per heavy atom. The molecule has 0 fully saturated rings. The van der Waals surface area contributed by atoms with Gasteiger partial charge in [-0.05, 0) is 82.0 Å². The molecule has 0 radical (unpaired) electrons. The summed E-state index contributed by atoms with van der Waals surface area (Å²) in [5.41, 5.74) is 1.94. The lowest BCUT2D eigenvalue weighted by atomic mass is 9.85. The Morgan fingerprint density at radius 3 is 1.97 bits per heavy atom. The van der Waals surface area contributed by atoms with Crippen molar-refractivity contribution in [2.75, 3.05) is 0 Å². The highest BCUT2D eigenvalue weighted by molar-refractivity contribution is 6.74. The third-order valence-electron chi connectivity index (χ3n) is 7.16. The SMILES string of the molecule is C/C=C(\C)[C@@H](O[Si](C)(C)C(C)(C)C)[C@@H](C)[C@@H](C)C/C=C(\C)C(=O)N[C@H](CC(C)C)C(C)=O. The van der Waals surface area contributed by atoms with Crippen LogP contribution in [-0.2, 0) is 14.0 Å². The van der Waals surface area contributed by atoms with E-state index in [0.29, 0.717) is 29.7 Å². The van der Waals surface area contributed by atoms with Gasteiger partial charge in [-0.3, -0.25) is 9.59 Å². The van der Waals surface area contributed by atoms with Gasteiger partial charge < -0.3 is 9.74 Å². The van der Waals surface area contributed by atoms with Crippen LogP contribution in [0.5, 0.6) is 0 Å². The fourth-order valence-electron chi connectivity index (χ4n) is 3.31. The third kappa shape index (κ3) is 9.74. The number of carbonyl (C=O) groups is 2. The molecule has 4 atom stereocenters. The van der Waals surface area contributed by atoms with Crippen molar-refractivity contribution in [3.63, 3.8) is 0 Å². The number of nitrogens with one attached hydrogen (secondary N) is 1. The number of hydrogen-bond donors (Lipinski definition) is 1. The van der Waals surface area contributed by atoms with Gasteiger partial charge in [0.15, 0.2) is 14.1 Å². The minimum atomic E-state index is -1.91. The van der Waals surface area contributed by atoms with E-state index in [1.807, 2.05) is 13.0 Å². The molecule has 1 N–H and O–H groups in total. The van der Waals surface area contributed by atoms with Crippen LogP contribution in [-0.4, -0.2) is 32.2 Å². The van der Waals surface area contributed by atoms with Crippen molar-refractivity contribution < 1.29 is 14.0 Å². The van der Waals surface area contributed by atoms with E-state index in [-0.39, 0.29) is 22.8 Å². The van der Waals surface area contributed by atoms with E-state index in [4.69, 9.17) is 4.43 Å². The molecule has 1 amide bonds. The molecule has 0 aromatic heterocycles. The standard InChI is InChI=1S/C27H51NO3Si/c1-14-19(4)25(31-32(12,13)27(9,10)11)22(7)20(5)15-16-21(6)26(30)28-24(23(8)29)17-18(2)3/h14,16,18,20,22,24-25H,15,17H2,1-13H3,(H,28,30)/b19-14+,21-16+/t20-,22-,24+,25+/m0/s1. The maximum atomic E-state index is 12.6. The molecule has 186 valence electrons. The first-order chi connectivity index (χ1) is 14.4. The molecule has 0 spiro atoms. The molecule has 0 saturated heterocycles. The van der Waals surface area contributed by atoms with E-state index < -0.39 is 14.4 Å². The molecule has 4 nitrogen and oxygen atoms in total. The molecule has 32 heavy (non-hydrogen) atoms. The van der Waals surface area contributed by atoms with Crippen LogP contribution in [0.15, 0.2) is 23.3 Å². The molecule has 0 heterocycles. The van der Waals surface area contributed by atoms with E-state index in [1.54, 1.807) is 6.92 Å². The lowest BCUT2D eigenvalue weighted by Crippen LogP contribution is -2.46. The van der Waals surface area contributed by atoms with Crippen molar-refractivity contribution in [3.8, 4) is 0 Å². The Balaban J connectivity index is 5.36. The van der Waals surface area contributed by atoms with Crippen LogP contribution in [0.4, 0.5) is 0 Å². The van der Waals surface area contributed by atoms with Crippen molar-refractivity contribution in [1.82, 2.24) is 5.32 Å². The first kappa shape index (κ1) is 30.8. The smallest absolute Gasteiger partial charge is 0.247 e. The van der Waals surface area contributed by atoms with Gasteiger partial charge in [0.05, 0.1) is 12.1 Å². The van der Waals surface area contributed by atoms with E-state index in [1.165, 1.54) is 5.57 Å². The molecule has 0 aromatic rings. The second-order valence-corrected chi connectivity index (χ2v) is 16.3. The molecule has 0 unspecified atom stereocenters. The quantitative estimate of drug-likeness (QED) is 0.190. The fourth-order valence-corrected chi connectivity index (χ4v) is 4.70. The van der Waals surface area contributed by atoms with Crippen LogP contribution in [0, 0.1) is 17.8 Å². The van der Waals surface area contributed by atoms with Crippen molar-refractivity contribution >= 4 is 20.0 Å². The third-order valence-corrected chi connectivity index (χ3v) is 11.6. The van der Waals surface area contributed by atoms with Crippen LogP contribution in [0.3, 0.4) is 0 Å². The summed E-state index contributed by atoms with van der Waals surface area (Å²) in [6, 6.07) is -0.415. The molecule has 0 bridgehead atoms.